The lowest BCUT2D eigenvalue weighted by atomic mass is 9.94. The van der Waals surface area contributed by atoms with Crippen molar-refractivity contribution in [3.8, 4) is 0 Å². The molecule has 1 rings (SSSR count). The standard InChI is InChI=1S/C11H15FINO/c1-6(2)11(15)10(14)8-5-7(13)3-4-9(8)12/h3-6,10-11,15H,14H2,1-2H3/t10-,11+/m1/s1. The molecule has 0 fully saturated rings. The monoisotopic (exact) mass is 323 g/mol. The average Bonchev–Trinajstić information content (AvgIpc) is 2.19. The number of rotatable bonds is 3. The minimum absolute atomic E-state index is 0.0114. The van der Waals surface area contributed by atoms with Gasteiger partial charge in [-0.25, -0.2) is 4.39 Å². The number of hydrogen-bond donors (Lipinski definition) is 2. The van der Waals surface area contributed by atoms with Gasteiger partial charge in [0.2, 0.25) is 0 Å². The molecule has 0 radical (unpaired) electrons. The summed E-state index contributed by atoms with van der Waals surface area (Å²) < 4.78 is 14.4. The van der Waals surface area contributed by atoms with Crippen LogP contribution in [0.2, 0.25) is 0 Å². The van der Waals surface area contributed by atoms with Gasteiger partial charge in [0.15, 0.2) is 0 Å². The fourth-order valence-corrected chi connectivity index (χ4v) is 1.88. The average molecular weight is 323 g/mol. The Balaban J connectivity index is 2.99. The Labute approximate surface area is 103 Å². The van der Waals surface area contributed by atoms with Gasteiger partial charge in [-0.3, -0.25) is 0 Å². The molecular weight excluding hydrogens is 308 g/mol. The van der Waals surface area contributed by atoms with Crippen molar-refractivity contribution in [3.05, 3.63) is 33.1 Å². The largest absolute Gasteiger partial charge is 0.391 e. The molecule has 0 spiro atoms. The zero-order valence-corrected chi connectivity index (χ0v) is 10.9. The van der Waals surface area contributed by atoms with Crippen molar-refractivity contribution in [2.75, 3.05) is 0 Å². The SMILES string of the molecule is CC(C)[C@H](O)[C@H](N)c1cc(I)ccc1F. The molecule has 3 N–H and O–H groups in total. The summed E-state index contributed by atoms with van der Waals surface area (Å²) in [4.78, 5) is 0. The van der Waals surface area contributed by atoms with Crippen molar-refractivity contribution in [2.24, 2.45) is 11.7 Å². The Hall–Kier alpha value is -0.200. The molecule has 1 aromatic carbocycles. The lowest BCUT2D eigenvalue weighted by Crippen LogP contribution is -2.31. The molecule has 0 amide bonds. The minimum atomic E-state index is -0.724. The summed E-state index contributed by atoms with van der Waals surface area (Å²) in [5.74, 6) is -0.347. The summed E-state index contributed by atoms with van der Waals surface area (Å²) in [7, 11) is 0. The first-order valence-corrected chi connectivity index (χ1v) is 5.90. The first-order valence-electron chi connectivity index (χ1n) is 4.82. The normalized spacial score (nSPS) is 15.4. The van der Waals surface area contributed by atoms with E-state index in [0.29, 0.717) is 5.56 Å². The first kappa shape index (κ1) is 12.9. The molecular formula is C11H15FINO. The first-order chi connectivity index (χ1) is 6.93. The third-order valence-corrected chi connectivity index (χ3v) is 3.04. The summed E-state index contributed by atoms with van der Waals surface area (Å²) in [6, 6.07) is 4.06. The molecule has 1 aromatic rings. The maximum atomic E-state index is 13.4. The summed E-state index contributed by atoms with van der Waals surface area (Å²) in [5, 5.41) is 9.77. The van der Waals surface area contributed by atoms with Crippen LogP contribution in [-0.4, -0.2) is 11.2 Å². The number of nitrogens with two attached hydrogens (primary N) is 1. The quantitative estimate of drug-likeness (QED) is 0.840. The van der Waals surface area contributed by atoms with E-state index in [9.17, 15) is 9.50 Å². The maximum Gasteiger partial charge on any atom is 0.128 e. The second-order valence-electron chi connectivity index (χ2n) is 3.93. The molecule has 84 valence electrons. The number of halogens is 2. The fourth-order valence-electron chi connectivity index (χ4n) is 1.37. The van der Waals surface area contributed by atoms with Crippen LogP contribution in [0.15, 0.2) is 18.2 Å². The molecule has 0 saturated heterocycles. The Morgan fingerprint density at radius 3 is 2.53 bits per heavy atom. The van der Waals surface area contributed by atoms with E-state index in [2.05, 4.69) is 22.6 Å². The number of hydrogen-bond acceptors (Lipinski definition) is 2. The van der Waals surface area contributed by atoms with E-state index in [-0.39, 0.29) is 11.7 Å². The van der Waals surface area contributed by atoms with Gasteiger partial charge in [0.25, 0.3) is 0 Å². The molecule has 0 aliphatic heterocycles. The van der Waals surface area contributed by atoms with Crippen molar-refractivity contribution in [3.63, 3.8) is 0 Å². The van der Waals surface area contributed by atoms with Crippen LogP contribution in [0.25, 0.3) is 0 Å². The van der Waals surface area contributed by atoms with E-state index >= 15 is 0 Å². The zero-order valence-electron chi connectivity index (χ0n) is 8.74. The van der Waals surface area contributed by atoms with Crippen LogP contribution in [-0.2, 0) is 0 Å². The van der Waals surface area contributed by atoms with Crippen LogP contribution >= 0.6 is 22.6 Å². The van der Waals surface area contributed by atoms with Crippen LogP contribution < -0.4 is 5.73 Å². The minimum Gasteiger partial charge on any atom is -0.391 e. The number of aliphatic hydroxyl groups excluding tert-OH is 1. The summed E-state index contributed by atoms with van der Waals surface area (Å²) >= 11 is 2.09. The second kappa shape index (κ2) is 5.23. The predicted octanol–water partition coefficient (Wildman–Crippen LogP) is 2.45. The van der Waals surface area contributed by atoms with Gasteiger partial charge in [-0.05, 0) is 46.7 Å². The third kappa shape index (κ3) is 3.12. The molecule has 0 unspecified atom stereocenters. The van der Waals surface area contributed by atoms with Gasteiger partial charge in [0, 0.05) is 9.13 Å². The van der Waals surface area contributed by atoms with Crippen LogP contribution in [0.4, 0.5) is 4.39 Å². The van der Waals surface area contributed by atoms with Crippen LogP contribution in [0.1, 0.15) is 25.5 Å². The zero-order chi connectivity index (χ0) is 11.6. The van der Waals surface area contributed by atoms with Crippen molar-refractivity contribution in [1.29, 1.82) is 0 Å². The third-order valence-electron chi connectivity index (χ3n) is 2.37. The highest BCUT2D eigenvalue weighted by molar-refractivity contribution is 14.1. The highest BCUT2D eigenvalue weighted by Gasteiger charge is 2.22. The van der Waals surface area contributed by atoms with Crippen LogP contribution in [0, 0.1) is 15.3 Å². The van der Waals surface area contributed by atoms with E-state index < -0.39 is 12.1 Å². The topological polar surface area (TPSA) is 46.2 Å². The number of aliphatic hydroxyl groups is 1. The molecule has 0 bridgehead atoms. The Morgan fingerprint density at radius 1 is 1.40 bits per heavy atom. The van der Waals surface area contributed by atoms with E-state index in [1.807, 2.05) is 13.8 Å². The van der Waals surface area contributed by atoms with Crippen LogP contribution in [0.5, 0.6) is 0 Å². The predicted molar refractivity (Wildman–Crippen MR) is 66.9 cm³/mol. The molecule has 4 heteroatoms. The van der Waals surface area contributed by atoms with Gasteiger partial charge in [-0.15, -0.1) is 0 Å². The van der Waals surface area contributed by atoms with Crippen molar-refractivity contribution in [2.45, 2.75) is 26.0 Å². The van der Waals surface area contributed by atoms with Gasteiger partial charge in [0.05, 0.1) is 12.1 Å². The molecule has 0 aliphatic rings. The molecule has 15 heavy (non-hydrogen) atoms. The van der Waals surface area contributed by atoms with E-state index in [1.165, 1.54) is 6.07 Å². The Bertz CT molecular complexity index is 343. The molecule has 0 aliphatic carbocycles. The van der Waals surface area contributed by atoms with Gasteiger partial charge >= 0.3 is 0 Å². The molecule has 0 aromatic heterocycles. The lowest BCUT2D eigenvalue weighted by Gasteiger charge is -2.22. The highest BCUT2D eigenvalue weighted by Crippen LogP contribution is 2.23. The molecule has 0 saturated carbocycles. The van der Waals surface area contributed by atoms with Gasteiger partial charge in [0.1, 0.15) is 5.82 Å². The van der Waals surface area contributed by atoms with Gasteiger partial charge < -0.3 is 10.8 Å². The highest BCUT2D eigenvalue weighted by atomic mass is 127. The van der Waals surface area contributed by atoms with Gasteiger partial charge in [-0.2, -0.15) is 0 Å². The Kier molecular flexibility index (Phi) is 4.48. The molecule has 0 heterocycles. The summed E-state index contributed by atoms with van der Waals surface area (Å²) in [6.45, 7) is 3.71. The summed E-state index contributed by atoms with van der Waals surface area (Å²) in [5.41, 5.74) is 6.19. The van der Waals surface area contributed by atoms with Crippen LogP contribution in [0.3, 0.4) is 0 Å². The Morgan fingerprint density at radius 2 is 2.00 bits per heavy atom. The smallest absolute Gasteiger partial charge is 0.128 e. The van der Waals surface area contributed by atoms with Crippen molar-refractivity contribution in [1.82, 2.24) is 0 Å². The lowest BCUT2D eigenvalue weighted by molar-refractivity contribution is 0.0966. The summed E-state index contributed by atoms with van der Waals surface area (Å²) in [6.07, 6.45) is -0.724. The van der Waals surface area contributed by atoms with Crippen molar-refractivity contribution < 1.29 is 9.50 Å². The second-order valence-corrected chi connectivity index (χ2v) is 5.17. The van der Waals surface area contributed by atoms with Gasteiger partial charge in [-0.1, -0.05) is 13.8 Å². The van der Waals surface area contributed by atoms with E-state index in [4.69, 9.17) is 5.73 Å². The maximum absolute atomic E-state index is 13.4. The number of benzene rings is 1. The van der Waals surface area contributed by atoms with Crippen molar-refractivity contribution >= 4 is 22.6 Å². The molecule has 2 nitrogen and oxygen atoms in total. The van der Waals surface area contributed by atoms with E-state index in [0.717, 1.165) is 3.57 Å². The fraction of sp³-hybridized carbons (Fsp3) is 0.455. The molecule has 2 atom stereocenters. The van der Waals surface area contributed by atoms with E-state index in [1.54, 1.807) is 12.1 Å².